The molecule has 2 amide bonds. The summed E-state index contributed by atoms with van der Waals surface area (Å²) in [5, 5.41) is 8.53. The lowest BCUT2D eigenvalue weighted by Gasteiger charge is -2.32. The van der Waals surface area contributed by atoms with E-state index in [4.69, 9.17) is 0 Å². The Labute approximate surface area is 137 Å². The molecule has 0 saturated carbocycles. The second-order valence-corrected chi connectivity index (χ2v) is 6.28. The van der Waals surface area contributed by atoms with Gasteiger partial charge in [0.15, 0.2) is 0 Å². The van der Waals surface area contributed by atoms with Crippen molar-refractivity contribution in [2.45, 2.75) is 19.3 Å². The third-order valence-electron chi connectivity index (χ3n) is 4.74. The van der Waals surface area contributed by atoms with Crippen LogP contribution in [0, 0.1) is 5.92 Å². The van der Waals surface area contributed by atoms with E-state index in [0.717, 1.165) is 54.9 Å². The molecule has 4 heteroatoms. The minimum absolute atomic E-state index is 0.0217. The van der Waals surface area contributed by atoms with Crippen molar-refractivity contribution in [1.82, 2.24) is 10.2 Å². The summed E-state index contributed by atoms with van der Waals surface area (Å²) in [5.41, 5.74) is 0.894. The summed E-state index contributed by atoms with van der Waals surface area (Å²) >= 11 is 0. The smallest absolute Gasteiger partial charge is 0.321 e. The van der Waals surface area contributed by atoms with E-state index in [9.17, 15) is 4.79 Å². The Bertz CT molecular complexity index is 657. The lowest BCUT2D eigenvalue weighted by atomic mass is 9.94. The predicted molar refractivity (Wildman–Crippen MR) is 95.8 cm³/mol. The topological polar surface area (TPSA) is 44.4 Å². The summed E-state index contributed by atoms with van der Waals surface area (Å²) in [4.78, 5) is 14.5. The largest absolute Gasteiger partial charge is 0.325 e. The van der Waals surface area contributed by atoms with Gasteiger partial charge in [0.2, 0.25) is 0 Å². The van der Waals surface area contributed by atoms with Crippen molar-refractivity contribution in [3.63, 3.8) is 0 Å². The van der Waals surface area contributed by atoms with Gasteiger partial charge in [0.05, 0.1) is 5.69 Å². The number of rotatable bonds is 4. The molecule has 1 fully saturated rings. The number of fused-ring (bicyclic) bond motifs is 1. The SMILES string of the molecule is CNCCC1CCN(C(=O)Nc2cccc3ccccc23)CC1. The number of benzene rings is 2. The van der Waals surface area contributed by atoms with Crippen molar-refractivity contribution in [3.8, 4) is 0 Å². The van der Waals surface area contributed by atoms with Gasteiger partial charge in [-0.05, 0) is 50.2 Å². The zero-order valence-corrected chi connectivity index (χ0v) is 13.7. The Morgan fingerprint density at radius 3 is 2.65 bits per heavy atom. The van der Waals surface area contributed by atoms with Gasteiger partial charge in [-0.1, -0.05) is 36.4 Å². The zero-order valence-electron chi connectivity index (χ0n) is 13.7. The quantitative estimate of drug-likeness (QED) is 0.904. The fourth-order valence-corrected chi connectivity index (χ4v) is 3.30. The molecule has 122 valence electrons. The van der Waals surface area contributed by atoms with Crippen LogP contribution < -0.4 is 10.6 Å². The predicted octanol–water partition coefficient (Wildman–Crippen LogP) is 3.69. The summed E-state index contributed by atoms with van der Waals surface area (Å²) in [5.74, 6) is 0.740. The first-order chi connectivity index (χ1) is 11.3. The Morgan fingerprint density at radius 1 is 1.13 bits per heavy atom. The van der Waals surface area contributed by atoms with Crippen LogP contribution in [0.25, 0.3) is 10.8 Å². The Morgan fingerprint density at radius 2 is 1.87 bits per heavy atom. The minimum atomic E-state index is 0.0217. The second kappa shape index (κ2) is 7.47. The average Bonchev–Trinajstić information content (AvgIpc) is 2.60. The van der Waals surface area contributed by atoms with Crippen LogP contribution in [0.15, 0.2) is 42.5 Å². The van der Waals surface area contributed by atoms with Crippen LogP contribution in [0.2, 0.25) is 0 Å². The number of amides is 2. The number of hydrogen-bond donors (Lipinski definition) is 2. The van der Waals surface area contributed by atoms with Crippen LogP contribution in [0.5, 0.6) is 0 Å². The maximum atomic E-state index is 12.5. The van der Waals surface area contributed by atoms with Crippen LogP contribution in [-0.2, 0) is 0 Å². The van der Waals surface area contributed by atoms with Crippen molar-refractivity contribution < 1.29 is 4.79 Å². The van der Waals surface area contributed by atoms with Gasteiger partial charge in [0.1, 0.15) is 0 Å². The van der Waals surface area contributed by atoms with Crippen molar-refractivity contribution in [2.75, 3.05) is 32.0 Å². The highest BCUT2D eigenvalue weighted by Gasteiger charge is 2.22. The fourth-order valence-electron chi connectivity index (χ4n) is 3.30. The normalized spacial score (nSPS) is 15.8. The highest BCUT2D eigenvalue weighted by atomic mass is 16.2. The number of carbonyl (C=O) groups is 1. The molecule has 0 atom stereocenters. The zero-order chi connectivity index (χ0) is 16.1. The maximum absolute atomic E-state index is 12.5. The van der Waals surface area contributed by atoms with Crippen LogP contribution in [0.3, 0.4) is 0 Å². The third kappa shape index (κ3) is 3.82. The molecule has 2 aromatic rings. The molecular formula is C19H25N3O. The van der Waals surface area contributed by atoms with Crippen LogP contribution >= 0.6 is 0 Å². The van der Waals surface area contributed by atoms with E-state index in [2.05, 4.69) is 28.8 Å². The molecule has 1 aliphatic heterocycles. The standard InChI is InChI=1S/C19H25N3O/c1-20-12-9-15-10-13-22(14-11-15)19(23)21-18-8-4-6-16-5-2-3-7-17(16)18/h2-8,15,20H,9-14H2,1H3,(H,21,23). The first-order valence-corrected chi connectivity index (χ1v) is 8.46. The summed E-state index contributed by atoms with van der Waals surface area (Å²) < 4.78 is 0. The molecule has 0 radical (unpaired) electrons. The molecule has 3 rings (SSSR count). The molecule has 0 unspecified atom stereocenters. The molecule has 23 heavy (non-hydrogen) atoms. The van der Waals surface area contributed by atoms with E-state index in [-0.39, 0.29) is 6.03 Å². The molecule has 1 saturated heterocycles. The van der Waals surface area contributed by atoms with Gasteiger partial charge < -0.3 is 15.5 Å². The number of nitrogens with one attached hydrogen (secondary N) is 2. The highest BCUT2D eigenvalue weighted by Crippen LogP contribution is 2.25. The van der Waals surface area contributed by atoms with Crippen LogP contribution in [-0.4, -0.2) is 37.6 Å². The van der Waals surface area contributed by atoms with Crippen molar-refractivity contribution in [1.29, 1.82) is 0 Å². The number of carbonyl (C=O) groups excluding carboxylic acids is 1. The maximum Gasteiger partial charge on any atom is 0.321 e. The molecule has 2 N–H and O–H groups in total. The fraction of sp³-hybridized carbons (Fsp3) is 0.421. The molecule has 4 nitrogen and oxygen atoms in total. The lowest BCUT2D eigenvalue weighted by molar-refractivity contribution is 0.180. The van der Waals surface area contributed by atoms with Crippen LogP contribution in [0.4, 0.5) is 10.5 Å². The van der Waals surface area contributed by atoms with E-state index >= 15 is 0 Å². The van der Waals surface area contributed by atoms with E-state index in [1.807, 2.05) is 36.2 Å². The van der Waals surface area contributed by atoms with Crippen molar-refractivity contribution in [3.05, 3.63) is 42.5 Å². The number of piperidine rings is 1. The molecule has 0 bridgehead atoms. The molecule has 0 aromatic heterocycles. The molecule has 0 spiro atoms. The highest BCUT2D eigenvalue weighted by molar-refractivity contribution is 6.01. The molecule has 1 heterocycles. The Hall–Kier alpha value is -2.07. The van der Waals surface area contributed by atoms with Gasteiger partial charge in [-0.25, -0.2) is 4.79 Å². The first kappa shape index (κ1) is 15.8. The van der Waals surface area contributed by atoms with Gasteiger partial charge in [-0.2, -0.15) is 0 Å². The lowest BCUT2D eigenvalue weighted by Crippen LogP contribution is -2.41. The molecular weight excluding hydrogens is 286 g/mol. The van der Waals surface area contributed by atoms with Gasteiger partial charge in [0.25, 0.3) is 0 Å². The summed E-state index contributed by atoms with van der Waals surface area (Å²) in [6.07, 6.45) is 3.41. The molecule has 2 aromatic carbocycles. The van der Waals surface area contributed by atoms with E-state index < -0.39 is 0 Å². The average molecular weight is 311 g/mol. The van der Waals surface area contributed by atoms with Gasteiger partial charge in [-0.3, -0.25) is 0 Å². The number of likely N-dealkylation sites (tertiary alicyclic amines) is 1. The van der Waals surface area contributed by atoms with Crippen molar-refractivity contribution >= 4 is 22.5 Å². The van der Waals surface area contributed by atoms with Gasteiger partial charge in [-0.15, -0.1) is 0 Å². The summed E-state index contributed by atoms with van der Waals surface area (Å²) in [7, 11) is 1.99. The van der Waals surface area contributed by atoms with Crippen molar-refractivity contribution in [2.24, 2.45) is 5.92 Å². The number of anilines is 1. The van der Waals surface area contributed by atoms with Gasteiger partial charge >= 0.3 is 6.03 Å². The van der Waals surface area contributed by atoms with E-state index in [0.29, 0.717) is 0 Å². The van der Waals surface area contributed by atoms with Crippen LogP contribution in [0.1, 0.15) is 19.3 Å². The Balaban J connectivity index is 1.61. The number of nitrogens with zero attached hydrogens (tertiary/aromatic N) is 1. The summed E-state index contributed by atoms with van der Waals surface area (Å²) in [6, 6.07) is 14.2. The van der Waals surface area contributed by atoms with E-state index in [1.165, 1.54) is 6.42 Å². The van der Waals surface area contributed by atoms with Gasteiger partial charge in [0, 0.05) is 18.5 Å². The number of urea groups is 1. The first-order valence-electron chi connectivity index (χ1n) is 8.46. The monoisotopic (exact) mass is 311 g/mol. The summed E-state index contributed by atoms with van der Waals surface area (Å²) in [6.45, 7) is 2.77. The molecule has 1 aliphatic rings. The number of hydrogen-bond acceptors (Lipinski definition) is 2. The second-order valence-electron chi connectivity index (χ2n) is 6.28. The minimum Gasteiger partial charge on any atom is -0.325 e. The van der Waals surface area contributed by atoms with E-state index in [1.54, 1.807) is 0 Å². The Kier molecular flexibility index (Phi) is 5.13. The molecule has 0 aliphatic carbocycles. The third-order valence-corrected chi connectivity index (χ3v) is 4.74.